The molecule has 4 aromatic carbocycles. The number of nitrogens with zero attached hydrogens (tertiary/aromatic N) is 1. The smallest absolute Gasteiger partial charge is 0.176 e. The minimum absolute atomic E-state index is 0.175. The third kappa shape index (κ3) is 6.52. The first kappa shape index (κ1) is 27.4. The topological polar surface area (TPSA) is 76.1 Å². The maximum Gasteiger partial charge on any atom is 0.176 e. The standard InChI is InChI=1S/C31H33NO5S2/c1-38-29-21-23(7-15-30(29)39(2,34)35)27-13-6-22-20-24(33)8-14-28(22)31(27)37-26-11-9-25(10-12-26)36-19-18-32-16-4-3-5-17-32/h6-15,20-21,33H,3-5,16-19H2,1-2H3. The molecule has 1 N–H and O–H groups in total. The van der Waals surface area contributed by atoms with E-state index in [2.05, 4.69) is 4.90 Å². The third-order valence-electron chi connectivity index (χ3n) is 7.00. The molecule has 4 aromatic rings. The van der Waals surface area contributed by atoms with Crippen molar-refractivity contribution in [1.82, 2.24) is 4.90 Å². The van der Waals surface area contributed by atoms with Crippen molar-refractivity contribution in [3.05, 3.63) is 72.8 Å². The van der Waals surface area contributed by atoms with Crippen LogP contribution >= 0.6 is 11.8 Å². The number of hydrogen-bond acceptors (Lipinski definition) is 7. The van der Waals surface area contributed by atoms with Crippen LogP contribution in [0.1, 0.15) is 19.3 Å². The van der Waals surface area contributed by atoms with Gasteiger partial charge in [-0.2, -0.15) is 0 Å². The van der Waals surface area contributed by atoms with E-state index in [1.807, 2.05) is 60.9 Å². The molecule has 0 radical (unpaired) electrons. The minimum Gasteiger partial charge on any atom is -0.508 e. The summed E-state index contributed by atoms with van der Waals surface area (Å²) >= 11 is 1.39. The number of sulfone groups is 1. The molecule has 0 amide bonds. The highest BCUT2D eigenvalue weighted by molar-refractivity contribution is 7.99. The number of thioether (sulfide) groups is 1. The monoisotopic (exact) mass is 563 g/mol. The molecule has 1 heterocycles. The van der Waals surface area contributed by atoms with Crippen LogP contribution in [0.5, 0.6) is 23.0 Å². The number of rotatable bonds is 9. The Morgan fingerprint density at radius 2 is 1.64 bits per heavy atom. The Kier molecular flexibility index (Phi) is 8.35. The summed E-state index contributed by atoms with van der Waals surface area (Å²) < 4.78 is 37.0. The highest BCUT2D eigenvalue weighted by Gasteiger charge is 2.18. The second-order valence-corrected chi connectivity index (χ2v) is 12.6. The number of phenolic OH excluding ortho intramolecular Hbond substituents is 1. The van der Waals surface area contributed by atoms with Crippen LogP contribution in [0.3, 0.4) is 0 Å². The predicted molar refractivity (Wildman–Crippen MR) is 158 cm³/mol. The lowest BCUT2D eigenvalue weighted by Gasteiger charge is -2.26. The molecule has 5 rings (SSSR count). The lowest BCUT2D eigenvalue weighted by atomic mass is 9.99. The Labute approximate surface area is 234 Å². The molecule has 0 saturated carbocycles. The Hall–Kier alpha value is -3.20. The molecule has 1 aliphatic rings. The summed E-state index contributed by atoms with van der Waals surface area (Å²) in [5, 5.41) is 11.7. The van der Waals surface area contributed by atoms with Crippen molar-refractivity contribution >= 4 is 32.4 Å². The minimum atomic E-state index is -3.35. The average molecular weight is 564 g/mol. The van der Waals surface area contributed by atoms with Gasteiger partial charge in [0, 0.05) is 28.6 Å². The molecule has 6 nitrogen and oxygen atoms in total. The number of piperidine rings is 1. The van der Waals surface area contributed by atoms with Crippen LogP contribution in [0.15, 0.2) is 82.6 Å². The lowest BCUT2D eigenvalue weighted by Crippen LogP contribution is -2.33. The van der Waals surface area contributed by atoms with E-state index in [4.69, 9.17) is 9.47 Å². The number of benzene rings is 4. The van der Waals surface area contributed by atoms with E-state index >= 15 is 0 Å². The van der Waals surface area contributed by atoms with Crippen LogP contribution in [0.4, 0.5) is 0 Å². The van der Waals surface area contributed by atoms with Crippen molar-refractivity contribution in [3.8, 4) is 34.1 Å². The van der Waals surface area contributed by atoms with Crippen molar-refractivity contribution < 1.29 is 23.0 Å². The molecule has 39 heavy (non-hydrogen) atoms. The van der Waals surface area contributed by atoms with Gasteiger partial charge in [-0.15, -0.1) is 11.8 Å². The van der Waals surface area contributed by atoms with Crippen molar-refractivity contribution in [3.63, 3.8) is 0 Å². The normalized spacial score (nSPS) is 14.4. The molecule has 1 saturated heterocycles. The van der Waals surface area contributed by atoms with Crippen molar-refractivity contribution in [2.45, 2.75) is 29.1 Å². The van der Waals surface area contributed by atoms with E-state index in [-0.39, 0.29) is 5.75 Å². The Morgan fingerprint density at radius 3 is 2.36 bits per heavy atom. The second kappa shape index (κ2) is 11.9. The molecule has 204 valence electrons. The quantitative estimate of drug-likeness (QED) is 0.220. The molecule has 0 unspecified atom stereocenters. The summed E-state index contributed by atoms with van der Waals surface area (Å²) in [7, 11) is -3.35. The van der Waals surface area contributed by atoms with Gasteiger partial charge in [0.05, 0.1) is 4.90 Å². The van der Waals surface area contributed by atoms with Crippen LogP contribution in [0.2, 0.25) is 0 Å². The molecule has 0 atom stereocenters. The first-order valence-corrected chi connectivity index (χ1v) is 16.2. The maximum atomic E-state index is 12.3. The molecule has 0 spiro atoms. The van der Waals surface area contributed by atoms with Gasteiger partial charge < -0.3 is 14.6 Å². The SMILES string of the molecule is CSc1cc(-c2ccc3cc(O)ccc3c2Oc2ccc(OCCN3CCCCC3)cc2)ccc1S(C)(=O)=O. The zero-order valence-electron chi connectivity index (χ0n) is 22.2. The first-order chi connectivity index (χ1) is 18.8. The van der Waals surface area contributed by atoms with Crippen LogP contribution in [0.25, 0.3) is 21.9 Å². The summed E-state index contributed by atoms with van der Waals surface area (Å²) in [6, 6.07) is 22.0. The number of ether oxygens (including phenoxy) is 2. The van der Waals surface area contributed by atoms with Crippen LogP contribution < -0.4 is 9.47 Å². The van der Waals surface area contributed by atoms with Gasteiger partial charge >= 0.3 is 0 Å². The van der Waals surface area contributed by atoms with Gasteiger partial charge in [0.15, 0.2) is 9.84 Å². The van der Waals surface area contributed by atoms with Gasteiger partial charge in [0.25, 0.3) is 0 Å². The summed E-state index contributed by atoms with van der Waals surface area (Å²) in [6.07, 6.45) is 6.94. The van der Waals surface area contributed by atoms with Crippen LogP contribution in [0, 0.1) is 0 Å². The Bertz CT molecular complexity index is 1560. The maximum absolute atomic E-state index is 12.3. The molecular formula is C31H33NO5S2. The van der Waals surface area contributed by atoms with E-state index in [0.29, 0.717) is 27.9 Å². The zero-order valence-corrected chi connectivity index (χ0v) is 23.9. The Morgan fingerprint density at radius 1 is 0.897 bits per heavy atom. The van der Waals surface area contributed by atoms with E-state index in [9.17, 15) is 13.5 Å². The van der Waals surface area contributed by atoms with Gasteiger partial charge in [0.2, 0.25) is 0 Å². The predicted octanol–water partition coefficient (Wildman–Crippen LogP) is 6.99. The van der Waals surface area contributed by atoms with Gasteiger partial charge in [-0.1, -0.05) is 18.6 Å². The van der Waals surface area contributed by atoms with Gasteiger partial charge in [0.1, 0.15) is 29.6 Å². The van der Waals surface area contributed by atoms with E-state index in [0.717, 1.165) is 47.3 Å². The molecule has 1 fully saturated rings. The molecule has 0 bridgehead atoms. The number of aromatic hydroxyl groups is 1. The summed E-state index contributed by atoms with van der Waals surface area (Å²) in [5.41, 5.74) is 1.67. The van der Waals surface area contributed by atoms with Crippen molar-refractivity contribution in [1.29, 1.82) is 0 Å². The van der Waals surface area contributed by atoms with Crippen LogP contribution in [-0.2, 0) is 9.84 Å². The third-order valence-corrected chi connectivity index (χ3v) is 9.06. The number of likely N-dealkylation sites (tertiary alicyclic amines) is 1. The summed E-state index contributed by atoms with van der Waals surface area (Å²) in [5.74, 6) is 2.25. The molecule has 8 heteroatoms. The van der Waals surface area contributed by atoms with Crippen LogP contribution in [-0.4, -0.2) is 57.2 Å². The van der Waals surface area contributed by atoms with Gasteiger partial charge in [-0.05, 0) is 104 Å². The summed E-state index contributed by atoms with van der Waals surface area (Å²) in [4.78, 5) is 3.44. The first-order valence-electron chi connectivity index (χ1n) is 13.1. The molecule has 0 aromatic heterocycles. The number of phenols is 1. The van der Waals surface area contributed by atoms with Crippen molar-refractivity contribution in [2.24, 2.45) is 0 Å². The highest BCUT2D eigenvalue weighted by Crippen LogP contribution is 2.42. The van der Waals surface area contributed by atoms with Gasteiger partial charge in [-0.25, -0.2) is 8.42 Å². The molecular weight excluding hydrogens is 530 g/mol. The Balaban J connectivity index is 1.43. The van der Waals surface area contributed by atoms with Gasteiger partial charge in [-0.3, -0.25) is 4.90 Å². The number of hydrogen-bond donors (Lipinski definition) is 1. The van der Waals surface area contributed by atoms with E-state index in [1.54, 1.807) is 18.2 Å². The average Bonchev–Trinajstić information content (AvgIpc) is 2.93. The fourth-order valence-electron chi connectivity index (χ4n) is 4.96. The van der Waals surface area contributed by atoms with Crippen molar-refractivity contribution in [2.75, 3.05) is 38.8 Å². The molecule has 0 aliphatic carbocycles. The summed E-state index contributed by atoms with van der Waals surface area (Å²) in [6.45, 7) is 3.88. The fraction of sp³-hybridized carbons (Fsp3) is 0.290. The van der Waals surface area contributed by atoms with E-state index < -0.39 is 9.84 Å². The second-order valence-electron chi connectivity index (χ2n) is 9.81. The highest BCUT2D eigenvalue weighted by atomic mass is 32.2. The zero-order chi connectivity index (χ0) is 27.4. The fourth-order valence-corrected chi connectivity index (χ4v) is 6.92. The lowest BCUT2D eigenvalue weighted by molar-refractivity contribution is 0.183. The largest absolute Gasteiger partial charge is 0.508 e. The molecule has 1 aliphatic heterocycles. The number of fused-ring (bicyclic) bond motifs is 1. The van der Waals surface area contributed by atoms with E-state index in [1.165, 1.54) is 37.3 Å².